The predicted octanol–water partition coefficient (Wildman–Crippen LogP) is 1.22. The number of carbonyl (C=O) groups is 2. The first-order chi connectivity index (χ1) is 9.22. The molecule has 0 saturated heterocycles. The molecule has 0 atom stereocenters. The van der Waals surface area contributed by atoms with E-state index in [-0.39, 0.29) is 24.2 Å². The van der Waals surface area contributed by atoms with Crippen molar-refractivity contribution >= 4 is 24.2 Å². The molecule has 3 N–H and O–H groups in total. The fourth-order valence-electron chi connectivity index (χ4n) is 2.46. The highest BCUT2D eigenvalue weighted by atomic mass is 35.5. The number of nitrogens with one attached hydrogen (secondary N) is 3. The SMILES string of the molecule is CNCCC(=O)NCCNC(=O)CC1CCCCC1.Cl. The molecule has 118 valence electrons. The van der Waals surface area contributed by atoms with Crippen molar-refractivity contribution in [2.75, 3.05) is 26.7 Å². The summed E-state index contributed by atoms with van der Waals surface area (Å²) in [5, 5.41) is 8.58. The molecule has 5 nitrogen and oxygen atoms in total. The van der Waals surface area contributed by atoms with Crippen LogP contribution in [0.3, 0.4) is 0 Å². The van der Waals surface area contributed by atoms with Gasteiger partial charge in [-0.05, 0) is 25.8 Å². The van der Waals surface area contributed by atoms with Crippen LogP contribution in [0.15, 0.2) is 0 Å². The molecule has 1 rings (SSSR count). The van der Waals surface area contributed by atoms with Crippen molar-refractivity contribution in [2.45, 2.75) is 44.9 Å². The van der Waals surface area contributed by atoms with Crippen molar-refractivity contribution in [1.29, 1.82) is 0 Å². The summed E-state index contributed by atoms with van der Waals surface area (Å²) >= 11 is 0. The lowest BCUT2D eigenvalue weighted by Crippen LogP contribution is -2.36. The number of hydrogen-bond acceptors (Lipinski definition) is 3. The summed E-state index contributed by atoms with van der Waals surface area (Å²) in [4.78, 5) is 23.0. The van der Waals surface area contributed by atoms with Gasteiger partial charge in [-0.1, -0.05) is 19.3 Å². The van der Waals surface area contributed by atoms with Crippen molar-refractivity contribution in [2.24, 2.45) is 5.92 Å². The van der Waals surface area contributed by atoms with Crippen LogP contribution in [0.5, 0.6) is 0 Å². The van der Waals surface area contributed by atoms with Crippen LogP contribution in [0.25, 0.3) is 0 Å². The van der Waals surface area contributed by atoms with Crippen molar-refractivity contribution < 1.29 is 9.59 Å². The molecule has 1 aliphatic carbocycles. The lowest BCUT2D eigenvalue weighted by molar-refractivity contribution is -0.123. The predicted molar refractivity (Wildman–Crippen MR) is 83.0 cm³/mol. The van der Waals surface area contributed by atoms with E-state index in [9.17, 15) is 9.59 Å². The van der Waals surface area contributed by atoms with Crippen molar-refractivity contribution in [3.05, 3.63) is 0 Å². The Bertz CT molecular complexity index is 282. The second-order valence-corrected chi connectivity index (χ2v) is 5.26. The maximum absolute atomic E-state index is 11.7. The Labute approximate surface area is 128 Å². The Morgan fingerprint density at radius 3 is 2.15 bits per heavy atom. The minimum absolute atomic E-state index is 0. The summed E-state index contributed by atoms with van der Waals surface area (Å²) in [5.74, 6) is 0.714. The third-order valence-electron chi connectivity index (χ3n) is 3.57. The highest BCUT2D eigenvalue weighted by Gasteiger charge is 2.16. The van der Waals surface area contributed by atoms with Gasteiger partial charge < -0.3 is 16.0 Å². The van der Waals surface area contributed by atoms with Gasteiger partial charge in [0.15, 0.2) is 0 Å². The van der Waals surface area contributed by atoms with E-state index in [1.165, 1.54) is 32.1 Å². The average Bonchev–Trinajstić information content (AvgIpc) is 2.42. The number of amides is 2. The zero-order chi connectivity index (χ0) is 13.9. The van der Waals surface area contributed by atoms with Crippen LogP contribution in [0, 0.1) is 5.92 Å². The molecule has 0 aromatic heterocycles. The van der Waals surface area contributed by atoms with Gasteiger partial charge >= 0.3 is 0 Å². The van der Waals surface area contributed by atoms with Crippen molar-refractivity contribution in [3.8, 4) is 0 Å². The van der Waals surface area contributed by atoms with Gasteiger partial charge in [-0.15, -0.1) is 12.4 Å². The molecular formula is C14H28ClN3O2. The second kappa shape index (κ2) is 12.0. The van der Waals surface area contributed by atoms with E-state index in [1.807, 2.05) is 7.05 Å². The molecular weight excluding hydrogens is 278 g/mol. The Morgan fingerprint density at radius 1 is 0.950 bits per heavy atom. The highest BCUT2D eigenvalue weighted by Crippen LogP contribution is 2.25. The average molecular weight is 306 g/mol. The minimum atomic E-state index is 0. The first kappa shape index (κ1) is 19.2. The summed E-state index contributed by atoms with van der Waals surface area (Å²) in [7, 11) is 1.82. The van der Waals surface area contributed by atoms with Gasteiger partial charge in [0, 0.05) is 32.5 Å². The third-order valence-corrected chi connectivity index (χ3v) is 3.57. The minimum Gasteiger partial charge on any atom is -0.354 e. The molecule has 0 aliphatic heterocycles. The topological polar surface area (TPSA) is 70.2 Å². The van der Waals surface area contributed by atoms with Gasteiger partial charge in [0.1, 0.15) is 0 Å². The Balaban J connectivity index is 0.00000361. The van der Waals surface area contributed by atoms with E-state index in [1.54, 1.807) is 0 Å². The molecule has 1 saturated carbocycles. The maximum atomic E-state index is 11.7. The zero-order valence-electron chi connectivity index (χ0n) is 12.4. The van der Waals surface area contributed by atoms with E-state index < -0.39 is 0 Å². The second-order valence-electron chi connectivity index (χ2n) is 5.26. The van der Waals surface area contributed by atoms with E-state index >= 15 is 0 Å². The standard InChI is InChI=1S/C14H27N3O2.ClH/c1-15-8-7-13(18)16-9-10-17-14(19)11-12-5-3-2-4-6-12;/h12,15H,2-11H2,1H3,(H,16,18)(H,17,19);1H. The summed E-state index contributed by atoms with van der Waals surface area (Å²) in [5.41, 5.74) is 0. The molecule has 1 aliphatic rings. The molecule has 0 bridgehead atoms. The normalized spacial score (nSPS) is 15.2. The number of hydrogen-bond donors (Lipinski definition) is 3. The van der Waals surface area contributed by atoms with Crippen molar-refractivity contribution in [1.82, 2.24) is 16.0 Å². The molecule has 0 aromatic carbocycles. The molecule has 2 amide bonds. The maximum Gasteiger partial charge on any atom is 0.221 e. The lowest BCUT2D eigenvalue weighted by atomic mass is 9.87. The van der Waals surface area contributed by atoms with Crippen LogP contribution in [0.2, 0.25) is 0 Å². The van der Waals surface area contributed by atoms with Crippen LogP contribution in [0.4, 0.5) is 0 Å². The molecule has 0 spiro atoms. The van der Waals surface area contributed by atoms with E-state index in [4.69, 9.17) is 0 Å². The molecule has 0 aromatic rings. The van der Waals surface area contributed by atoms with Gasteiger partial charge in [-0.3, -0.25) is 9.59 Å². The summed E-state index contributed by atoms with van der Waals surface area (Å²) in [6, 6.07) is 0. The molecule has 1 fully saturated rings. The highest BCUT2D eigenvalue weighted by molar-refractivity contribution is 5.85. The molecule has 6 heteroatoms. The summed E-state index contributed by atoms with van der Waals surface area (Å²) in [6.45, 7) is 1.72. The van der Waals surface area contributed by atoms with E-state index in [2.05, 4.69) is 16.0 Å². The number of rotatable bonds is 8. The Kier molecular flexibility index (Phi) is 11.5. The summed E-state index contributed by atoms with van der Waals surface area (Å²) in [6.07, 6.45) is 7.35. The number of halogens is 1. The van der Waals surface area contributed by atoms with Crippen LogP contribution in [-0.4, -0.2) is 38.5 Å². The molecule has 0 heterocycles. The third kappa shape index (κ3) is 9.15. The van der Waals surface area contributed by atoms with Gasteiger partial charge in [-0.2, -0.15) is 0 Å². The van der Waals surface area contributed by atoms with E-state index in [0.717, 1.165) is 0 Å². The smallest absolute Gasteiger partial charge is 0.221 e. The van der Waals surface area contributed by atoms with Crippen LogP contribution in [0.1, 0.15) is 44.9 Å². The van der Waals surface area contributed by atoms with Gasteiger partial charge in [0.2, 0.25) is 11.8 Å². The van der Waals surface area contributed by atoms with Crippen LogP contribution < -0.4 is 16.0 Å². The molecule has 20 heavy (non-hydrogen) atoms. The Hall–Kier alpha value is -0.810. The fraction of sp³-hybridized carbons (Fsp3) is 0.857. The monoisotopic (exact) mass is 305 g/mol. The van der Waals surface area contributed by atoms with Gasteiger partial charge in [0.05, 0.1) is 0 Å². The van der Waals surface area contributed by atoms with Crippen LogP contribution >= 0.6 is 12.4 Å². The molecule has 0 radical (unpaired) electrons. The largest absolute Gasteiger partial charge is 0.354 e. The summed E-state index contributed by atoms with van der Waals surface area (Å²) < 4.78 is 0. The first-order valence-electron chi connectivity index (χ1n) is 7.40. The first-order valence-corrected chi connectivity index (χ1v) is 7.40. The number of carbonyl (C=O) groups excluding carboxylic acids is 2. The van der Waals surface area contributed by atoms with Crippen molar-refractivity contribution in [3.63, 3.8) is 0 Å². The zero-order valence-corrected chi connectivity index (χ0v) is 13.2. The van der Waals surface area contributed by atoms with Gasteiger partial charge in [0.25, 0.3) is 0 Å². The van der Waals surface area contributed by atoms with Crippen LogP contribution in [-0.2, 0) is 9.59 Å². The quantitative estimate of drug-likeness (QED) is 0.591. The van der Waals surface area contributed by atoms with Gasteiger partial charge in [-0.25, -0.2) is 0 Å². The fourth-order valence-corrected chi connectivity index (χ4v) is 2.46. The Morgan fingerprint density at radius 2 is 1.55 bits per heavy atom. The van der Waals surface area contributed by atoms with E-state index in [0.29, 0.717) is 38.4 Å². The lowest BCUT2D eigenvalue weighted by Gasteiger charge is -2.20. The molecule has 0 unspecified atom stereocenters.